The number of pyridine rings is 1. The molecular formula is C27H38N6O7. The Labute approximate surface area is 232 Å². The van der Waals surface area contributed by atoms with E-state index in [0.717, 1.165) is 0 Å². The summed E-state index contributed by atoms with van der Waals surface area (Å²) in [5, 5.41) is 21.2. The highest BCUT2D eigenvalue weighted by atomic mass is 16.3. The molecule has 1 aliphatic rings. The fraction of sp³-hybridized carbons (Fsp3) is 0.556. The molecule has 0 saturated carbocycles. The molecule has 1 aliphatic heterocycles. The number of rotatable bonds is 7. The van der Waals surface area contributed by atoms with Crippen LogP contribution in [0.15, 0.2) is 39.9 Å². The summed E-state index contributed by atoms with van der Waals surface area (Å²) in [4.78, 5) is 67.9. The van der Waals surface area contributed by atoms with Crippen LogP contribution in [0.3, 0.4) is 0 Å². The molecule has 0 fully saturated rings. The molecule has 13 heteroatoms. The van der Waals surface area contributed by atoms with E-state index in [0.29, 0.717) is 25.8 Å². The maximum Gasteiger partial charge on any atom is 0.273 e. The Morgan fingerprint density at radius 2 is 1.93 bits per heavy atom. The van der Waals surface area contributed by atoms with Crippen LogP contribution in [-0.4, -0.2) is 63.0 Å². The fourth-order valence-electron chi connectivity index (χ4n) is 4.33. The van der Waals surface area contributed by atoms with Crippen molar-refractivity contribution in [2.24, 2.45) is 5.92 Å². The van der Waals surface area contributed by atoms with Crippen molar-refractivity contribution in [3.05, 3.63) is 52.6 Å². The molecule has 0 radical (unpaired) electrons. The molecule has 2 aromatic heterocycles. The van der Waals surface area contributed by atoms with E-state index in [4.69, 9.17) is 4.42 Å². The highest BCUT2D eigenvalue weighted by Gasteiger charge is 2.32. The Bertz CT molecular complexity index is 1240. The van der Waals surface area contributed by atoms with Gasteiger partial charge < -0.3 is 35.4 Å². The van der Waals surface area contributed by atoms with Gasteiger partial charge in [0.2, 0.25) is 23.6 Å². The molecule has 0 unspecified atom stereocenters. The molecule has 2 aromatic rings. The zero-order valence-electron chi connectivity index (χ0n) is 23.0. The standard InChI is InChI=1S/C27H38N6O7/c1-16(2)14-19-27-31-20(15-40-27)24(37)28-11-6-4-8-18(25(38)32-23(17(3)34)26(39)30-19)29-21(35)10-13-33-12-7-5-9-22(33)36/h5,7,9,12,15-19,23,34H,4,6,8,10-11,13-14H2,1-3H3,(H,28,37)(H,29,35)(H,30,39)(H,32,38)/t17-,18+,19+,23+/m1/s1. The van der Waals surface area contributed by atoms with Crippen LogP contribution < -0.4 is 26.8 Å². The molecule has 218 valence electrons. The van der Waals surface area contributed by atoms with Gasteiger partial charge in [-0.15, -0.1) is 0 Å². The molecule has 13 nitrogen and oxygen atoms in total. The van der Waals surface area contributed by atoms with Crippen LogP contribution in [0.1, 0.15) is 75.3 Å². The normalized spacial score (nSPS) is 21.7. The molecule has 0 aliphatic carbocycles. The molecular weight excluding hydrogens is 520 g/mol. The minimum atomic E-state index is -1.32. The van der Waals surface area contributed by atoms with Crippen LogP contribution in [0.2, 0.25) is 0 Å². The number of nitrogens with one attached hydrogen (secondary N) is 4. The largest absolute Gasteiger partial charge is 0.446 e. The first kappa shape index (κ1) is 30.5. The fourth-order valence-corrected chi connectivity index (χ4v) is 4.33. The number of fused-ring (bicyclic) bond motifs is 2. The number of carbonyl (C=O) groups is 4. The van der Waals surface area contributed by atoms with Crippen molar-refractivity contribution in [3.63, 3.8) is 0 Å². The topological polar surface area (TPSA) is 185 Å². The van der Waals surface area contributed by atoms with Crippen LogP contribution in [-0.2, 0) is 20.9 Å². The molecule has 2 bridgehead atoms. The van der Waals surface area contributed by atoms with Crippen molar-refractivity contribution < 1.29 is 28.7 Å². The summed E-state index contributed by atoms with van der Waals surface area (Å²) in [5.41, 5.74) is -0.171. The lowest BCUT2D eigenvalue weighted by Gasteiger charge is -2.27. The van der Waals surface area contributed by atoms with Gasteiger partial charge in [-0.3, -0.25) is 24.0 Å². The molecule has 3 heterocycles. The molecule has 0 aromatic carbocycles. The lowest BCUT2D eigenvalue weighted by Crippen LogP contribution is -2.57. The van der Waals surface area contributed by atoms with Gasteiger partial charge in [-0.25, -0.2) is 4.98 Å². The van der Waals surface area contributed by atoms with Gasteiger partial charge in [0.1, 0.15) is 24.4 Å². The van der Waals surface area contributed by atoms with E-state index in [2.05, 4.69) is 26.3 Å². The van der Waals surface area contributed by atoms with E-state index in [-0.39, 0.29) is 42.4 Å². The summed E-state index contributed by atoms with van der Waals surface area (Å²) in [6.45, 7) is 5.69. The third kappa shape index (κ3) is 8.76. The van der Waals surface area contributed by atoms with Gasteiger partial charge in [-0.05, 0) is 44.6 Å². The molecule has 0 spiro atoms. The molecule has 4 atom stereocenters. The molecule has 40 heavy (non-hydrogen) atoms. The van der Waals surface area contributed by atoms with Crippen LogP contribution in [0.4, 0.5) is 0 Å². The summed E-state index contributed by atoms with van der Waals surface area (Å²) in [7, 11) is 0. The average molecular weight is 559 g/mol. The van der Waals surface area contributed by atoms with E-state index < -0.39 is 47.9 Å². The quantitative estimate of drug-likeness (QED) is 0.323. The third-order valence-electron chi connectivity index (χ3n) is 6.47. The van der Waals surface area contributed by atoms with Gasteiger partial charge in [-0.1, -0.05) is 19.9 Å². The summed E-state index contributed by atoms with van der Waals surface area (Å²) < 4.78 is 6.90. The number of hydrogen-bond acceptors (Lipinski definition) is 8. The van der Waals surface area contributed by atoms with Gasteiger partial charge in [0.15, 0.2) is 5.69 Å². The smallest absolute Gasteiger partial charge is 0.273 e. The first-order valence-electron chi connectivity index (χ1n) is 13.5. The SMILES string of the molecule is CC(C)C[C@@H]1NC(=O)[C@H]([C@@H](C)O)NC(=O)[C@@H](NC(=O)CCn2ccccc2=O)CCCCNC(=O)c2coc1n2. The highest BCUT2D eigenvalue weighted by molar-refractivity contribution is 5.93. The van der Waals surface area contributed by atoms with E-state index in [1.54, 1.807) is 18.3 Å². The third-order valence-corrected chi connectivity index (χ3v) is 6.47. The van der Waals surface area contributed by atoms with Crippen molar-refractivity contribution in [1.82, 2.24) is 30.8 Å². The Hall–Kier alpha value is -4.00. The number of aromatic nitrogens is 2. The average Bonchev–Trinajstić information content (AvgIpc) is 3.39. The van der Waals surface area contributed by atoms with Crippen LogP contribution in [0, 0.1) is 5.92 Å². The maximum atomic E-state index is 13.3. The first-order chi connectivity index (χ1) is 19.0. The Morgan fingerprint density at radius 3 is 2.62 bits per heavy atom. The number of carbonyl (C=O) groups excluding carboxylic acids is 4. The van der Waals surface area contributed by atoms with Gasteiger partial charge in [0, 0.05) is 31.8 Å². The summed E-state index contributed by atoms with van der Waals surface area (Å²) in [5.74, 6) is -1.94. The summed E-state index contributed by atoms with van der Waals surface area (Å²) >= 11 is 0. The van der Waals surface area contributed by atoms with Crippen LogP contribution in [0.25, 0.3) is 0 Å². The van der Waals surface area contributed by atoms with E-state index in [9.17, 15) is 29.1 Å². The Kier molecular flexibility index (Phi) is 11.0. The number of oxazole rings is 1. The number of amides is 4. The predicted octanol–water partition coefficient (Wildman–Crippen LogP) is 0.394. The maximum absolute atomic E-state index is 13.3. The second kappa shape index (κ2) is 14.4. The zero-order chi connectivity index (χ0) is 29.2. The molecule has 5 N–H and O–H groups in total. The number of nitrogens with zero attached hydrogens (tertiary/aromatic N) is 2. The number of aryl methyl sites for hydroxylation is 1. The van der Waals surface area contributed by atoms with Crippen molar-refractivity contribution in [3.8, 4) is 0 Å². The highest BCUT2D eigenvalue weighted by Crippen LogP contribution is 2.21. The second-order valence-electron chi connectivity index (χ2n) is 10.3. The minimum absolute atomic E-state index is 0.0435. The van der Waals surface area contributed by atoms with E-state index in [1.165, 1.54) is 23.8 Å². The van der Waals surface area contributed by atoms with Crippen LogP contribution >= 0.6 is 0 Å². The number of hydrogen-bond donors (Lipinski definition) is 5. The molecule has 3 rings (SSSR count). The van der Waals surface area contributed by atoms with Crippen molar-refractivity contribution in [2.75, 3.05) is 6.54 Å². The summed E-state index contributed by atoms with van der Waals surface area (Å²) in [6, 6.07) is 1.63. The van der Waals surface area contributed by atoms with E-state index >= 15 is 0 Å². The Morgan fingerprint density at radius 1 is 1.15 bits per heavy atom. The second-order valence-corrected chi connectivity index (χ2v) is 10.3. The van der Waals surface area contributed by atoms with Crippen molar-refractivity contribution in [1.29, 1.82) is 0 Å². The van der Waals surface area contributed by atoms with Gasteiger partial charge in [0.25, 0.3) is 11.5 Å². The van der Waals surface area contributed by atoms with E-state index in [1.807, 2.05) is 13.8 Å². The van der Waals surface area contributed by atoms with Gasteiger partial charge in [0.05, 0.1) is 6.10 Å². The van der Waals surface area contributed by atoms with Gasteiger partial charge >= 0.3 is 0 Å². The lowest BCUT2D eigenvalue weighted by atomic mass is 10.0. The monoisotopic (exact) mass is 558 g/mol. The Balaban J connectivity index is 1.79. The van der Waals surface area contributed by atoms with Crippen molar-refractivity contribution in [2.45, 2.75) is 83.6 Å². The lowest BCUT2D eigenvalue weighted by molar-refractivity contribution is -0.134. The minimum Gasteiger partial charge on any atom is -0.446 e. The van der Waals surface area contributed by atoms with Gasteiger partial charge in [-0.2, -0.15) is 0 Å². The summed E-state index contributed by atoms with van der Waals surface area (Å²) in [6.07, 6.45) is 3.11. The predicted molar refractivity (Wildman–Crippen MR) is 144 cm³/mol. The zero-order valence-corrected chi connectivity index (χ0v) is 23.0. The molecule has 0 saturated heterocycles. The van der Waals surface area contributed by atoms with Crippen LogP contribution in [0.5, 0.6) is 0 Å². The van der Waals surface area contributed by atoms with Crippen molar-refractivity contribution >= 4 is 23.6 Å². The number of aliphatic hydroxyl groups is 1. The number of aliphatic hydroxyl groups excluding tert-OH is 1. The molecule has 4 amide bonds. The first-order valence-corrected chi connectivity index (χ1v) is 13.5.